The van der Waals surface area contributed by atoms with E-state index in [1.807, 2.05) is 11.5 Å². The quantitative estimate of drug-likeness (QED) is 0.855. The topological polar surface area (TPSA) is 63.5 Å². The molecule has 0 fully saturated rings. The molecule has 0 bridgehead atoms. The molecule has 0 aliphatic heterocycles. The lowest BCUT2D eigenvalue weighted by Crippen LogP contribution is -2.34. The molecule has 1 heterocycles. The minimum absolute atomic E-state index is 0.107. The molecule has 124 valence electrons. The lowest BCUT2D eigenvalue weighted by molar-refractivity contribution is 0.0609. The second-order valence-corrected chi connectivity index (χ2v) is 5.42. The summed E-state index contributed by atoms with van der Waals surface area (Å²) in [7, 11) is 1.48. The third-order valence-corrected chi connectivity index (χ3v) is 3.60. The fraction of sp³-hybridized carbons (Fsp3) is 0.353. The van der Waals surface area contributed by atoms with Crippen molar-refractivity contribution in [3.8, 4) is 5.69 Å². The van der Waals surface area contributed by atoms with E-state index in [4.69, 9.17) is 4.74 Å². The molecule has 1 aromatic carbocycles. The Labute approximate surface area is 134 Å². The van der Waals surface area contributed by atoms with Crippen molar-refractivity contribution in [2.45, 2.75) is 20.0 Å². The van der Waals surface area contributed by atoms with Gasteiger partial charge in [0.25, 0.3) is 5.91 Å². The van der Waals surface area contributed by atoms with Gasteiger partial charge in [0, 0.05) is 30.7 Å². The Kier molecular flexibility index (Phi) is 5.52. The zero-order valence-corrected chi connectivity index (χ0v) is 13.5. The number of rotatable bonds is 6. The smallest absolute Gasteiger partial charge is 0.253 e. The normalized spacial score (nSPS) is 12.2. The summed E-state index contributed by atoms with van der Waals surface area (Å²) in [5, 5.41) is 12.3. The maximum atomic E-state index is 13.4. The van der Waals surface area contributed by atoms with E-state index in [0.29, 0.717) is 16.9 Å². The van der Waals surface area contributed by atoms with Crippen molar-refractivity contribution in [3.05, 3.63) is 53.1 Å². The van der Waals surface area contributed by atoms with Crippen LogP contribution in [0.4, 0.5) is 4.39 Å². The standard InChI is InChI=1S/C17H21FN2O3/c1-11-7-16(17(22)19-9-15(21)10-23-3)12(2)20(11)14-6-4-5-13(18)8-14/h4-8,15,21H,9-10H2,1-3H3,(H,19,22). The molecule has 23 heavy (non-hydrogen) atoms. The summed E-state index contributed by atoms with van der Waals surface area (Å²) in [6, 6.07) is 7.96. The Morgan fingerprint density at radius 1 is 1.39 bits per heavy atom. The predicted octanol–water partition coefficient (Wildman–Crippen LogP) is 1.97. The molecular weight excluding hydrogens is 299 g/mol. The first-order valence-corrected chi connectivity index (χ1v) is 7.34. The van der Waals surface area contributed by atoms with Crippen LogP contribution in [0.5, 0.6) is 0 Å². The molecule has 0 spiro atoms. The summed E-state index contributed by atoms with van der Waals surface area (Å²) in [5.41, 5.74) is 2.71. The SMILES string of the molecule is COCC(O)CNC(=O)c1cc(C)n(-c2cccc(F)c2)c1C. The molecule has 0 radical (unpaired) electrons. The predicted molar refractivity (Wildman–Crippen MR) is 85.4 cm³/mol. The van der Waals surface area contributed by atoms with Crippen LogP contribution < -0.4 is 5.32 Å². The molecule has 0 aliphatic carbocycles. The molecule has 2 aromatic rings. The maximum Gasteiger partial charge on any atom is 0.253 e. The highest BCUT2D eigenvalue weighted by molar-refractivity contribution is 5.95. The zero-order chi connectivity index (χ0) is 17.0. The molecular formula is C17H21FN2O3. The molecule has 0 saturated heterocycles. The van der Waals surface area contributed by atoms with Crippen molar-refractivity contribution in [1.82, 2.24) is 9.88 Å². The number of methoxy groups -OCH3 is 1. The van der Waals surface area contributed by atoms with Crippen LogP contribution in [-0.2, 0) is 4.74 Å². The van der Waals surface area contributed by atoms with Crippen LogP contribution in [0.3, 0.4) is 0 Å². The first-order chi connectivity index (χ1) is 10.9. The summed E-state index contributed by atoms with van der Waals surface area (Å²) >= 11 is 0. The lowest BCUT2D eigenvalue weighted by atomic mass is 10.2. The Bertz CT molecular complexity index is 697. The molecule has 2 rings (SSSR count). The van der Waals surface area contributed by atoms with E-state index in [1.165, 1.54) is 19.2 Å². The number of ether oxygens (including phenoxy) is 1. The second-order valence-electron chi connectivity index (χ2n) is 5.42. The number of nitrogens with one attached hydrogen (secondary N) is 1. The van der Waals surface area contributed by atoms with Crippen molar-refractivity contribution >= 4 is 5.91 Å². The van der Waals surface area contributed by atoms with E-state index in [0.717, 1.165) is 5.69 Å². The molecule has 2 N–H and O–H groups in total. The number of halogens is 1. The number of aryl methyl sites for hydroxylation is 1. The zero-order valence-electron chi connectivity index (χ0n) is 13.5. The van der Waals surface area contributed by atoms with Gasteiger partial charge in [-0.25, -0.2) is 4.39 Å². The summed E-state index contributed by atoms with van der Waals surface area (Å²) < 4.78 is 20.1. The summed E-state index contributed by atoms with van der Waals surface area (Å²) in [4.78, 5) is 12.3. The minimum atomic E-state index is -0.754. The highest BCUT2D eigenvalue weighted by Crippen LogP contribution is 2.21. The second kappa shape index (κ2) is 7.39. The van der Waals surface area contributed by atoms with E-state index < -0.39 is 6.10 Å². The fourth-order valence-corrected chi connectivity index (χ4v) is 2.56. The number of benzene rings is 1. The average Bonchev–Trinajstić information content (AvgIpc) is 2.80. The Morgan fingerprint density at radius 2 is 2.13 bits per heavy atom. The number of carbonyl (C=O) groups excluding carboxylic acids is 1. The van der Waals surface area contributed by atoms with Gasteiger partial charge in [0.05, 0.1) is 18.3 Å². The van der Waals surface area contributed by atoms with E-state index >= 15 is 0 Å². The number of nitrogens with zero attached hydrogens (tertiary/aromatic N) is 1. The average molecular weight is 320 g/mol. The van der Waals surface area contributed by atoms with E-state index in [9.17, 15) is 14.3 Å². The largest absolute Gasteiger partial charge is 0.389 e. The number of carbonyl (C=O) groups is 1. The van der Waals surface area contributed by atoms with Crippen molar-refractivity contribution in [1.29, 1.82) is 0 Å². The van der Waals surface area contributed by atoms with Crippen LogP contribution in [0.25, 0.3) is 5.69 Å². The molecule has 0 saturated carbocycles. The van der Waals surface area contributed by atoms with E-state index in [-0.39, 0.29) is 24.9 Å². The molecule has 6 heteroatoms. The minimum Gasteiger partial charge on any atom is -0.389 e. The van der Waals surface area contributed by atoms with Crippen molar-refractivity contribution in [2.75, 3.05) is 20.3 Å². The molecule has 1 atom stereocenters. The van der Waals surface area contributed by atoms with Crippen LogP contribution in [0.2, 0.25) is 0 Å². The molecule has 0 aliphatic rings. The van der Waals surface area contributed by atoms with Gasteiger partial charge in [-0.1, -0.05) is 6.07 Å². The number of amides is 1. The highest BCUT2D eigenvalue weighted by atomic mass is 19.1. The molecule has 1 amide bonds. The fourth-order valence-electron chi connectivity index (χ4n) is 2.56. The Balaban J connectivity index is 2.22. The first-order valence-electron chi connectivity index (χ1n) is 7.34. The van der Waals surface area contributed by atoms with Crippen molar-refractivity contribution < 1.29 is 19.0 Å². The number of aliphatic hydroxyl groups is 1. The third-order valence-electron chi connectivity index (χ3n) is 3.60. The van der Waals surface area contributed by atoms with Gasteiger partial charge in [-0.3, -0.25) is 4.79 Å². The summed E-state index contributed by atoms with van der Waals surface area (Å²) in [5.74, 6) is -0.611. The van der Waals surface area contributed by atoms with Crippen molar-refractivity contribution in [3.63, 3.8) is 0 Å². The van der Waals surface area contributed by atoms with E-state index in [2.05, 4.69) is 5.32 Å². The van der Waals surface area contributed by atoms with Gasteiger partial charge in [0.15, 0.2) is 0 Å². The van der Waals surface area contributed by atoms with Crippen LogP contribution in [0, 0.1) is 19.7 Å². The Hall–Kier alpha value is -2.18. The van der Waals surface area contributed by atoms with Crippen LogP contribution in [0.1, 0.15) is 21.7 Å². The molecule has 5 nitrogen and oxygen atoms in total. The summed E-state index contributed by atoms with van der Waals surface area (Å²) in [6.45, 7) is 3.92. The van der Waals surface area contributed by atoms with Crippen LogP contribution in [-0.4, -0.2) is 41.9 Å². The Morgan fingerprint density at radius 3 is 2.78 bits per heavy atom. The van der Waals surface area contributed by atoms with Gasteiger partial charge < -0.3 is 19.7 Å². The van der Waals surface area contributed by atoms with Gasteiger partial charge in [-0.05, 0) is 38.1 Å². The number of hydrogen-bond donors (Lipinski definition) is 2. The monoisotopic (exact) mass is 320 g/mol. The highest BCUT2D eigenvalue weighted by Gasteiger charge is 2.17. The molecule has 1 aromatic heterocycles. The summed E-state index contributed by atoms with van der Waals surface area (Å²) in [6.07, 6.45) is -0.754. The number of aromatic nitrogens is 1. The van der Waals surface area contributed by atoms with Crippen LogP contribution >= 0.6 is 0 Å². The van der Waals surface area contributed by atoms with Gasteiger partial charge >= 0.3 is 0 Å². The van der Waals surface area contributed by atoms with Gasteiger partial charge in [0.2, 0.25) is 0 Å². The third kappa shape index (κ3) is 3.97. The number of aliphatic hydroxyl groups excluding tert-OH is 1. The first kappa shape index (κ1) is 17.2. The molecule has 1 unspecified atom stereocenters. The van der Waals surface area contributed by atoms with Gasteiger partial charge in [-0.15, -0.1) is 0 Å². The van der Waals surface area contributed by atoms with Gasteiger partial charge in [-0.2, -0.15) is 0 Å². The maximum absolute atomic E-state index is 13.4. The lowest BCUT2D eigenvalue weighted by Gasteiger charge is -2.12. The van der Waals surface area contributed by atoms with Crippen LogP contribution in [0.15, 0.2) is 30.3 Å². The number of hydrogen-bond acceptors (Lipinski definition) is 3. The van der Waals surface area contributed by atoms with Crippen molar-refractivity contribution in [2.24, 2.45) is 0 Å². The van der Waals surface area contributed by atoms with E-state index in [1.54, 1.807) is 25.1 Å². The van der Waals surface area contributed by atoms with Gasteiger partial charge in [0.1, 0.15) is 5.82 Å².